The van der Waals surface area contributed by atoms with E-state index in [-0.39, 0.29) is 77.5 Å². The zero-order chi connectivity index (χ0) is 70.4. The molecule has 11 rings (SSSR count). The summed E-state index contributed by atoms with van der Waals surface area (Å²) in [5, 5.41) is 2.13. The summed E-state index contributed by atoms with van der Waals surface area (Å²) in [6, 6.07) is 29.7. The Morgan fingerprint density at radius 1 is 0.541 bits per heavy atom. The minimum Gasteiger partial charge on any atom is -0.509 e. The van der Waals surface area contributed by atoms with E-state index < -0.39 is 88.4 Å². The second-order valence-corrected chi connectivity index (χ2v) is 26.7. The average Bonchev–Trinajstić information content (AvgIpc) is 0.991. The third-order valence-corrected chi connectivity index (χ3v) is 15.7. The summed E-state index contributed by atoms with van der Waals surface area (Å²) in [4.78, 5) is 8.73. The predicted octanol–water partition coefficient (Wildman–Crippen LogP) is 22.4. The zero-order valence-corrected chi connectivity index (χ0v) is 53.8. The van der Waals surface area contributed by atoms with Crippen LogP contribution in [0, 0.1) is 24.2 Å². The molecule has 1 aliphatic rings. The first-order valence-electron chi connectivity index (χ1n) is 36.2. The van der Waals surface area contributed by atoms with E-state index in [0.29, 0.717) is 34.1 Å². The molecule has 0 saturated heterocycles. The Kier molecular flexibility index (Phi) is 13.4. The van der Waals surface area contributed by atoms with Gasteiger partial charge in [0.05, 0.1) is 17.8 Å². The van der Waals surface area contributed by atoms with E-state index in [2.05, 4.69) is 95.5 Å². The molecule has 3 heterocycles. The molecule has 0 unspecified atom stereocenters. The van der Waals surface area contributed by atoms with Crippen LogP contribution < -0.4 is 14.5 Å². The van der Waals surface area contributed by atoms with Crippen molar-refractivity contribution < 1.29 is 43.6 Å². The molecule has 8 aromatic carbocycles. The van der Waals surface area contributed by atoms with Gasteiger partial charge in [-0.3, -0.25) is 0 Å². The molecule has 5 nitrogen and oxygen atoms in total. The van der Waals surface area contributed by atoms with Gasteiger partial charge >= 0.3 is 0 Å². The first-order valence-corrected chi connectivity index (χ1v) is 29.7. The van der Waals surface area contributed by atoms with Crippen LogP contribution in [-0.2, 0) is 50.2 Å². The van der Waals surface area contributed by atoms with Gasteiger partial charge in [0, 0.05) is 72.5 Å². The molecule has 85 heavy (non-hydrogen) atoms. The van der Waals surface area contributed by atoms with Crippen LogP contribution in [0.5, 0.6) is 11.5 Å². The van der Waals surface area contributed by atoms with Gasteiger partial charge in [0.1, 0.15) is 5.82 Å². The maximum absolute atomic E-state index is 10.1. The number of benzene rings is 8. The van der Waals surface area contributed by atoms with E-state index >= 15 is 0 Å². The van der Waals surface area contributed by atoms with Gasteiger partial charge in [0.25, 0.3) is 0 Å². The van der Waals surface area contributed by atoms with Crippen molar-refractivity contribution in [2.75, 3.05) is 9.80 Å². The Balaban J connectivity index is 0.0000104. The third kappa shape index (κ3) is 13.3. The van der Waals surface area contributed by atoms with Crippen molar-refractivity contribution in [3.63, 3.8) is 0 Å². The monoisotopic (exact) mass is 1310 g/mol. The van der Waals surface area contributed by atoms with Crippen molar-refractivity contribution in [1.82, 2.24) is 9.55 Å². The number of rotatable bonds is 16. The largest absolute Gasteiger partial charge is 0.509 e. The van der Waals surface area contributed by atoms with Gasteiger partial charge in [-0.2, -0.15) is 12.1 Å². The average molecular weight is 1310 g/mol. The number of hydrogen-bond donors (Lipinski definition) is 0. The van der Waals surface area contributed by atoms with Gasteiger partial charge in [0.15, 0.2) is 0 Å². The molecule has 440 valence electrons. The van der Waals surface area contributed by atoms with Gasteiger partial charge in [-0.15, -0.1) is 48.1 Å². The van der Waals surface area contributed by atoms with Crippen molar-refractivity contribution >= 4 is 44.6 Å². The first-order chi connectivity index (χ1) is 45.5. The van der Waals surface area contributed by atoms with Gasteiger partial charge in [-0.1, -0.05) is 218 Å². The summed E-state index contributed by atoms with van der Waals surface area (Å²) >= 11 is 0. The Morgan fingerprint density at radius 3 is 1.87 bits per heavy atom. The number of hydrogen-bond acceptors (Lipinski definition) is 4. The molecular weight excluding hydrogens is 1220 g/mol. The maximum atomic E-state index is 10.1. The number of anilines is 4. The van der Waals surface area contributed by atoms with E-state index in [0.717, 1.165) is 52.4 Å². The van der Waals surface area contributed by atoms with Crippen molar-refractivity contribution in [1.29, 1.82) is 0 Å². The summed E-state index contributed by atoms with van der Waals surface area (Å²) in [6.45, 7) is 28.9. The Morgan fingerprint density at radius 2 is 1.18 bits per heavy atom. The Bertz CT molecular complexity index is 4760. The molecule has 0 aliphatic carbocycles. The molecule has 0 bridgehead atoms. The van der Waals surface area contributed by atoms with Crippen LogP contribution in [-0.4, -0.2) is 9.55 Å². The van der Waals surface area contributed by atoms with Gasteiger partial charge in [0.2, 0.25) is 0 Å². The molecule has 0 atom stereocenters. The van der Waals surface area contributed by atoms with Crippen molar-refractivity contribution in [2.45, 2.75) is 158 Å². The van der Waals surface area contributed by atoms with Gasteiger partial charge in [-0.25, -0.2) is 4.98 Å². The molecule has 0 amide bonds. The molecule has 0 radical (unpaired) electrons. The van der Waals surface area contributed by atoms with Crippen LogP contribution >= 0.6 is 0 Å². The van der Waals surface area contributed by atoms with Crippen LogP contribution in [0.1, 0.15) is 174 Å². The fraction of sp³-hybridized carbons (Fsp3) is 0.316. The molecule has 1 aliphatic heterocycles. The summed E-state index contributed by atoms with van der Waals surface area (Å²) in [7, 11) is 0. The predicted molar refractivity (Wildman–Crippen MR) is 357 cm³/mol. The number of fused-ring (bicyclic) bond motifs is 4. The van der Waals surface area contributed by atoms with Crippen molar-refractivity contribution in [2.24, 2.45) is 5.41 Å². The summed E-state index contributed by atoms with van der Waals surface area (Å²) in [5.74, 6) is 1.57. The van der Waals surface area contributed by atoms with Crippen LogP contribution in [0.2, 0.25) is 0 Å². The fourth-order valence-electron chi connectivity index (χ4n) is 11.2. The standard InChI is InChI=1S/C79H85N4O.Pt/c1-14-15-16-17-18-20-30-56-45-69-66-40-39-65(51-73(66)83(72(69)46-59(56)52-76(2,3)4)74-49-61(41-42-80-74)78(8,9)10)84-64-36-27-35-63(50-64)81-53-82(71-38-24-23-37-70(71)81)75-67(57-32-25-31-55(43-57)54-28-21-19-22-29-54)47-62(79(11,12)13)48-68(75)58-33-26-34-60(44-58)77(5,6)7;/h19,21-29,31-49,53H,14-18,20,30,52H2,1-13H3;/q-3;/i19D,21D,22D,25D,26D,28D,29D,31D,32D,33D,34D,43D,44D;. The van der Waals surface area contributed by atoms with Gasteiger partial charge < -0.3 is 19.1 Å². The first kappa shape index (κ1) is 46.1. The normalized spacial score (nSPS) is 15.1. The number of pyridine rings is 1. The smallest absolute Gasteiger partial charge is 0.135 e. The van der Waals surface area contributed by atoms with E-state index in [1.54, 1.807) is 17.6 Å². The van der Waals surface area contributed by atoms with Gasteiger partial charge in [-0.05, 0) is 145 Å². The van der Waals surface area contributed by atoms with E-state index in [1.807, 2.05) is 107 Å². The Labute approximate surface area is 541 Å². The van der Waals surface area contributed by atoms with E-state index in [4.69, 9.17) is 16.6 Å². The van der Waals surface area contributed by atoms with Crippen molar-refractivity contribution in [3.8, 4) is 50.7 Å². The zero-order valence-electron chi connectivity index (χ0n) is 64.5. The van der Waals surface area contributed by atoms with Crippen molar-refractivity contribution in [3.05, 3.63) is 222 Å². The SMILES string of the molecule is [2H]c1c([2H])c([2H])c(-c2c([2H])c([2H])c([2H])c(-c3cc(C(C)(C)C)cc(-c4c([2H])c([2H])c([2H])c(C(C)(C)C)c4[2H])c3N3[CH-]N(c4[c-]c(Oc5[c-]c6c(cc5)c5cc(CCCCCCCC)c(CC(C)(C)C)cc5n6-c5cc(C(C)(C)C)ccn5)ccc4)c4ccccc43)c2[2H])c([2H])c1[2H].[Pt]. The van der Waals surface area contributed by atoms with E-state index in [9.17, 15) is 11.0 Å². The molecule has 0 N–H and O–H groups in total. The second-order valence-electron chi connectivity index (χ2n) is 26.7. The molecule has 0 fully saturated rings. The van der Waals surface area contributed by atoms with E-state index in [1.165, 1.54) is 43.2 Å². The number of aromatic nitrogens is 2. The molecule has 6 heteroatoms. The van der Waals surface area contributed by atoms with Crippen LogP contribution in [0.3, 0.4) is 0 Å². The number of aryl methyl sites for hydroxylation is 1. The number of nitrogens with zero attached hydrogens (tertiary/aromatic N) is 4. The van der Waals surface area contributed by atoms with Crippen LogP contribution in [0.4, 0.5) is 22.7 Å². The molecule has 0 spiro atoms. The fourth-order valence-corrected chi connectivity index (χ4v) is 11.2. The number of ether oxygens (including phenoxy) is 1. The molecule has 2 aromatic heterocycles. The Hall–Kier alpha value is -7.20. The minimum atomic E-state index is -0.862. The third-order valence-electron chi connectivity index (χ3n) is 15.7. The molecule has 0 saturated carbocycles. The topological polar surface area (TPSA) is 33.5 Å². The maximum Gasteiger partial charge on any atom is 0.135 e. The quantitative estimate of drug-likeness (QED) is 0.0713. The minimum absolute atomic E-state index is 0. The number of para-hydroxylation sites is 2. The number of unbranched alkanes of at least 4 members (excludes halogenated alkanes) is 5. The van der Waals surface area contributed by atoms with Crippen LogP contribution in [0.25, 0.3) is 61.0 Å². The summed E-state index contributed by atoms with van der Waals surface area (Å²) in [5.41, 5.74) is 5.86. The van der Waals surface area contributed by atoms with Crippen LogP contribution in [0.15, 0.2) is 176 Å². The summed E-state index contributed by atoms with van der Waals surface area (Å²) in [6.07, 6.45) is 11.0. The summed E-state index contributed by atoms with van der Waals surface area (Å²) < 4.78 is 130. The molecular formula is C79H85N4OPt-3. The molecule has 10 aromatic rings. The second kappa shape index (κ2) is 24.6.